The summed E-state index contributed by atoms with van der Waals surface area (Å²) in [6.07, 6.45) is 1.33. The van der Waals surface area contributed by atoms with Crippen LogP contribution in [0.25, 0.3) is 16.5 Å². The van der Waals surface area contributed by atoms with E-state index in [1.807, 2.05) is 6.07 Å². The summed E-state index contributed by atoms with van der Waals surface area (Å²) in [6, 6.07) is 12.1. The molecule has 6 nitrogen and oxygen atoms in total. The second-order valence-electron chi connectivity index (χ2n) is 4.63. The van der Waals surface area contributed by atoms with Gasteiger partial charge in [0.1, 0.15) is 16.5 Å². The van der Waals surface area contributed by atoms with Crippen molar-refractivity contribution in [2.24, 2.45) is 5.11 Å². The molecule has 0 saturated heterocycles. The van der Waals surface area contributed by atoms with Crippen LogP contribution in [0.5, 0.6) is 11.5 Å². The van der Waals surface area contributed by atoms with E-state index in [9.17, 15) is 4.79 Å². The second kappa shape index (κ2) is 8.99. The van der Waals surface area contributed by atoms with Gasteiger partial charge in [-0.15, -0.1) is 0 Å². The van der Waals surface area contributed by atoms with Gasteiger partial charge in [0.25, 0.3) is 0 Å². The Hall–Kier alpha value is -2.66. The summed E-state index contributed by atoms with van der Waals surface area (Å²) in [6.45, 7) is 1.79. The van der Waals surface area contributed by atoms with Gasteiger partial charge in [0.2, 0.25) is 0 Å². The summed E-state index contributed by atoms with van der Waals surface area (Å²) >= 11 is 12.3. The van der Waals surface area contributed by atoms with Crippen LogP contribution in [0.15, 0.2) is 53.3 Å². The zero-order valence-corrected chi connectivity index (χ0v) is 14.7. The zero-order chi connectivity index (χ0) is 18.2. The van der Waals surface area contributed by atoms with Crippen molar-refractivity contribution >= 4 is 35.2 Å². The van der Waals surface area contributed by atoms with E-state index in [1.54, 1.807) is 43.3 Å². The molecule has 0 aromatic heterocycles. The quantitative estimate of drug-likeness (QED) is 0.203. The highest BCUT2D eigenvalue weighted by atomic mass is 35.5. The molecular weight excluding hydrogens is 365 g/mol. The molecule has 0 aliphatic carbocycles. The van der Waals surface area contributed by atoms with E-state index in [1.165, 1.54) is 6.08 Å². The molecule has 0 bridgehead atoms. The minimum absolute atomic E-state index is 0.145. The Morgan fingerprint density at radius 3 is 2.60 bits per heavy atom. The van der Waals surface area contributed by atoms with Crippen LogP contribution >= 0.6 is 23.2 Å². The van der Waals surface area contributed by atoms with Crippen LogP contribution in [-0.2, 0) is 9.53 Å². The van der Waals surface area contributed by atoms with Crippen molar-refractivity contribution in [3.8, 4) is 11.5 Å². The standard InChI is InChI=1S/C17H13Cl2N3O3/c1-2-24-17(23)14(21-22-20)10-11-8-9-13(18)15(19)16(11)25-12-6-4-3-5-7-12/h3-10H,2H2,1H3. The van der Waals surface area contributed by atoms with E-state index < -0.39 is 5.97 Å². The molecule has 0 aliphatic heterocycles. The fraction of sp³-hybridized carbons (Fsp3) is 0.118. The summed E-state index contributed by atoms with van der Waals surface area (Å²) in [4.78, 5) is 14.5. The Morgan fingerprint density at radius 2 is 1.96 bits per heavy atom. The lowest BCUT2D eigenvalue weighted by Gasteiger charge is -2.12. The van der Waals surface area contributed by atoms with Crippen molar-refractivity contribution in [1.29, 1.82) is 0 Å². The van der Waals surface area contributed by atoms with Gasteiger partial charge in [-0.3, -0.25) is 0 Å². The second-order valence-corrected chi connectivity index (χ2v) is 5.42. The molecule has 0 heterocycles. The fourth-order valence-corrected chi connectivity index (χ4v) is 2.26. The summed E-state index contributed by atoms with van der Waals surface area (Å²) in [5, 5.41) is 3.83. The van der Waals surface area contributed by atoms with E-state index in [2.05, 4.69) is 10.0 Å². The molecule has 0 radical (unpaired) electrons. The first kappa shape index (κ1) is 18.7. The van der Waals surface area contributed by atoms with Gasteiger partial charge >= 0.3 is 5.97 Å². The maximum Gasteiger partial charge on any atom is 0.340 e. The van der Waals surface area contributed by atoms with Crippen LogP contribution in [0.2, 0.25) is 10.0 Å². The average Bonchev–Trinajstić information content (AvgIpc) is 2.61. The van der Waals surface area contributed by atoms with Gasteiger partial charge in [0, 0.05) is 10.5 Å². The number of carbonyl (C=O) groups excluding carboxylic acids is 1. The van der Waals surface area contributed by atoms with Crippen LogP contribution < -0.4 is 4.74 Å². The van der Waals surface area contributed by atoms with Gasteiger partial charge in [0.15, 0.2) is 5.75 Å². The van der Waals surface area contributed by atoms with Gasteiger partial charge in [-0.05, 0) is 42.8 Å². The summed E-state index contributed by atoms with van der Waals surface area (Å²) in [5.41, 5.74) is 8.86. The highest BCUT2D eigenvalue weighted by Crippen LogP contribution is 2.39. The third-order valence-corrected chi connectivity index (χ3v) is 3.76. The number of nitrogens with zero attached hydrogens (tertiary/aromatic N) is 3. The predicted molar refractivity (Wildman–Crippen MR) is 96.7 cm³/mol. The summed E-state index contributed by atoms with van der Waals surface area (Å²) < 4.78 is 10.7. The van der Waals surface area contributed by atoms with Crippen LogP contribution in [-0.4, -0.2) is 12.6 Å². The molecule has 0 saturated carbocycles. The monoisotopic (exact) mass is 377 g/mol. The van der Waals surface area contributed by atoms with Gasteiger partial charge in [-0.2, -0.15) is 0 Å². The third-order valence-electron chi connectivity index (χ3n) is 2.97. The molecule has 0 atom stereocenters. The van der Waals surface area contributed by atoms with Crippen LogP contribution in [0.1, 0.15) is 12.5 Å². The summed E-state index contributed by atoms with van der Waals surface area (Å²) in [5.74, 6) is 0.00937. The van der Waals surface area contributed by atoms with Crippen molar-refractivity contribution in [2.75, 3.05) is 6.61 Å². The average molecular weight is 378 g/mol. The number of azide groups is 1. The first-order valence-corrected chi connectivity index (χ1v) is 7.97. The van der Waals surface area contributed by atoms with Gasteiger partial charge in [-0.25, -0.2) is 4.79 Å². The molecule has 0 N–H and O–H groups in total. The van der Waals surface area contributed by atoms with E-state index in [4.69, 9.17) is 38.2 Å². The number of rotatable bonds is 6. The number of benzene rings is 2. The molecule has 0 spiro atoms. The van der Waals surface area contributed by atoms with Crippen molar-refractivity contribution < 1.29 is 14.3 Å². The Bertz CT molecular complexity index is 848. The minimum Gasteiger partial charge on any atom is -0.462 e. The molecule has 128 valence electrons. The minimum atomic E-state index is -0.753. The Balaban J connectivity index is 2.52. The van der Waals surface area contributed by atoms with Crippen molar-refractivity contribution in [2.45, 2.75) is 6.92 Å². The van der Waals surface area contributed by atoms with Gasteiger partial charge in [-0.1, -0.05) is 46.5 Å². The zero-order valence-electron chi connectivity index (χ0n) is 13.1. The van der Waals surface area contributed by atoms with Crippen LogP contribution in [0.4, 0.5) is 0 Å². The molecular formula is C17H13Cl2N3O3. The number of para-hydroxylation sites is 1. The lowest BCUT2D eigenvalue weighted by molar-refractivity contribution is -0.138. The smallest absolute Gasteiger partial charge is 0.340 e. The molecule has 25 heavy (non-hydrogen) atoms. The fourth-order valence-electron chi connectivity index (χ4n) is 1.90. The van der Waals surface area contributed by atoms with Crippen molar-refractivity contribution in [1.82, 2.24) is 0 Å². The molecule has 0 amide bonds. The SMILES string of the molecule is CCOC(=O)C(=Cc1ccc(Cl)c(Cl)c1Oc1ccccc1)N=[N+]=[N-]. The van der Waals surface area contributed by atoms with Gasteiger partial charge < -0.3 is 9.47 Å². The lowest BCUT2D eigenvalue weighted by atomic mass is 10.1. The third kappa shape index (κ3) is 4.90. The first-order valence-electron chi connectivity index (χ1n) is 7.21. The number of ether oxygens (including phenoxy) is 2. The largest absolute Gasteiger partial charge is 0.462 e. The maximum atomic E-state index is 11.9. The molecule has 0 aliphatic rings. The Morgan fingerprint density at radius 1 is 1.24 bits per heavy atom. The number of halogens is 2. The highest BCUT2D eigenvalue weighted by Gasteiger charge is 2.15. The topological polar surface area (TPSA) is 84.3 Å². The molecule has 2 aromatic carbocycles. The molecule has 2 aromatic rings. The lowest BCUT2D eigenvalue weighted by Crippen LogP contribution is -2.05. The first-order chi connectivity index (χ1) is 12.1. The van der Waals surface area contributed by atoms with E-state index in [0.717, 1.165) is 0 Å². The molecule has 8 heteroatoms. The number of hydrogen-bond acceptors (Lipinski definition) is 4. The van der Waals surface area contributed by atoms with E-state index in [0.29, 0.717) is 11.3 Å². The molecule has 0 unspecified atom stereocenters. The highest BCUT2D eigenvalue weighted by molar-refractivity contribution is 6.43. The molecule has 0 fully saturated rings. The van der Waals surface area contributed by atoms with Crippen molar-refractivity contribution in [3.63, 3.8) is 0 Å². The van der Waals surface area contributed by atoms with Gasteiger partial charge in [0.05, 0.1) is 11.6 Å². The Labute approximate surface area is 154 Å². The van der Waals surface area contributed by atoms with E-state index in [-0.39, 0.29) is 28.1 Å². The van der Waals surface area contributed by atoms with E-state index >= 15 is 0 Å². The maximum absolute atomic E-state index is 11.9. The van der Waals surface area contributed by atoms with Crippen LogP contribution in [0.3, 0.4) is 0 Å². The number of hydrogen-bond donors (Lipinski definition) is 0. The Kier molecular flexibility index (Phi) is 6.71. The number of carbonyl (C=O) groups is 1. The molecule has 2 rings (SSSR count). The van der Waals surface area contributed by atoms with Crippen molar-refractivity contribution in [3.05, 3.63) is 74.2 Å². The predicted octanol–water partition coefficient (Wildman–Crippen LogP) is 6.00. The van der Waals surface area contributed by atoms with Crippen LogP contribution in [0, 0.1) is 0 Å². The summed E-state index contributed by atoms with van der Waals surface area (Å²) in [7, 11) is 0. The number of esters is 1. The normalized spacial score (nSPS) is 10.8.